The zero-order valence-corrected chi connectivity index (χ0v) is 13.3. The van der Waals surface area contributed by atoms with Crippen molar-refractivity contribution in [1.29, 1.82) is 5.26 Å². The lowest BCUT2D eigenvalue weighted by atomic mass is 10.1. The molecule has 0 fully saturated rings. The fourth-order valence-electron chi connectivity index (χ4n) is 1.98. The molecule has 126 valence electrons. The van der Waals surface area contributed by atoms with E-state index in [1.165, 1.54) is 6.20 Å². The maximum Gasteiger partial charge on any atom is 0.307 e. The summed E-state index contributed by atoms with van der Waals surface area (Å²) >= 11 is 0. The molecule has 1 aromatic carbocycles. The molecule has 3 N–H and O–H groups in total. The van der Waals surface area contributed by atoms with Crippen LogP contribution in [-0.4, -0.2) is 22.0 Å². The molecule has 0 bridgehead atoms. The highest BCUT2D eigenvalue weighted by atomic mass is 16.4. The van der Waals surface area contributed by atoms with Crippen molar-refractivity contribution >= 4 is 17.6 Å². The SMILES string of the molecule is N#C/C(=C/Nc1ccc(CC(=O)O)cc1)C(=O)NCc1cccnc1. The van der Waals surface area contributed by atoms with E-state index in [-0.39, 0.29) is 18.5 Å². The third-order valence-electron chi connectivity index (χ3n) is 3.23. The van der Waals surface area contributed by atoms with Crippen LogP contribution in [0.15, 0.2) is 60.6 Å². The Morgan fingerprint density at radius 1 is 1.20 bits per heavy atom. The van der Waals surface area contributed by atoms with Crippen LogP contribution >= 0.6 is 0 Å². The monoisotopic (exact) mass is 336 g/mol. The summed E-state index contributed by atoms with van der Waals surface area (Å²) in [6.07, 6.45) is 4.52. The third-order valence-corrected chi connectivity index (χ3v) is 3.23. The van der Waals surface area contributed by atoms with Crippen molar-refractivity contribution in [1.82, 2.24) is 10.3 Å². The molecule has 1 heterocycles. The Bertz CT molecular complexity index is 808. The lowest BCUT2D eigenvalue weighted by Crippen LogP contribution is -2.24. The molecular weight excluding hydrogens is 320 g/mol. The van der Waals surface area contributed by atoms with Crippen LogP contribution < -0.4 is 10.6 Å². The number of amides is 1. The van der Waals surface area contributed by atoms with Crippen LogP contribution in [0.4, 0.5) is 5.69 Å². The molecule has 0 radical (unpaired) electrons. The Morgan fingerprint density at radius 3 is 2.56 bits per heavy atom. The molecule has 0 unspecified atom stereocenters. The van der Waals surface area contributed by atoms with Crippen molar-refractivity contribution in [2.45, 2.75) is 13.0 Å². The average molecular weight is 336 g/mol. The fraction of sp³-hybridized carbons (Fsp3) is 0.111. The molecule has 2 aromatic rings. The second kappa shape index (κ2) is 8.84. The van der Waals surface area contributed by atoms with Crippen LogP contribution in [0, 0.1) is 11.3 Å². The van der Waals surface area contributed by atoms with E-state index in [0.717, 1.165) is 5.56 Å². The first-order valence-electron chi connectivity index (χ1n) is 7.43. The number of carbonyl (C=O) groups excluding carboxylic acids is 1. The van der Waals surface area contributed by atoms with Crippen molar-refractivity contribution in [2.24, 2.45) is 0 Å². The average Bonchev–Trinajstić information content (AvgIpc) is 2.62. The van der Waals surface area contributed by atoms with Crippen molar-refractivity contribution in [3.05, 3.63) is 71.7 Å². The number of carbonyl (C=O) groups is 2. The lowest BCUT2D eigenvalue weighted by Gasteiger charge is -2.05. The second-order valence-corrected chi connectivity index (χ2v) is 5.13. The van der Waals surface area contributed by atoms with E-state index in [9.17, 15) is 9.59 Å². The molecule has 0 saturated carbocycles. The first-order chi connectivity index (χ1) is 12.1. The van der Waals surface area contributed by atoms with Crippen molar-refractivity contribution in [3.8, 4) is 6.07 Å². The van der Waals surface area contributed by atoms with Crippen molar-refractivity contribution in [2.75, 3.05) is 5.32 Å². The highest BCUT2D eigenvalue weighted by Gasteiger charge is 2.08. The van der Waals surface area contributed by atoms with E-state index in [1.54, 1.807) is 42.7 Å². The summed E-state index contributed by atoms with van der Waals surface area (Å²) in [5, 5.41) is 23.3. The minimum atomic E-state index is -0.905. The quantitative estimate of drug-likeness (QED) is 0.525. The first-order valence-corrected chi connectivity index (χ1v) is 7.43. The summed E-state index contributed by atoms with van der Waals surface area (Å²) in [4.78, 5) is 26.6. The zero-order chi connectivity index (χ0) is 18.1. The number of pyridine rings is 1. The zero-order valence-electron chi connectivity index (χ0n) is 13.3. The number of hydrogen-bond donors (Lipinski definition) is 3. The summed E-state index contributed by atoms with van der Waals surface area (Å²) in [6.45, 7) is 0.273. The molecule has 0 aliphatic heterocycles. The third kappa shape index (κ3) is 5.80. The summed E-state index contributed by atoms with van der Waals surface area (Å²) in [5.41, 5.74) is 2.06. The van der Waals surface area contributed by atoms with E-state index in [4.69, 9.17) is 10.4 Å². The van der Waals surface area contributed by atoms with Gasteiger partial charge in [-0.05, 0) is 29.3 Å². The maximum absolute atomic E-state index is 12.0. The van der Waals surface area contributed by atoms with Gasteiger partial charge in [0.1, 0.15) is 11.6 Å². The predicted octanol–water partition coefficient (Wildman–Crippen LogP) is 1.84. The van der Waals surface area contributed by atoms with Gasteiger partial charge in [-0.15, -0.1) is 0 Å². The summed E-state index contributed by atoms with van der Waals surface area (Å²) in [6, 6.07) is 12.1. The highest BCUT2D eigenvalue weighted by Crippen LogP contribution is 2.11. The smallest absolute Gasteiger partial charge is 0.307 e. The molecule has 2 rings (SSSR count). The normalized spacial score (nSPS) is 10.6. The molecule has 0 aliphatic carbocycles. The Hall–Kier alpha value is -3.66. The van der Waals surface area contributed by atoms with E-state index < -0.39 is 11.9 Å². The molecule has 7 heteroatoms. The van der Waals surface area contributed by atoms with Gasteiger partial charge in [0.25, 0.3) is 5.91 Å². The van der Waals surface area contributed by atoms with Gasteiger partial charge in [0.05, 0.1) is 6.42 Å². The molecule has 7 nitrogen and oxygen atoms in total. The number of carboxylic acids is 1. The van der Waals surface area contributed by atoms with Crippen LogP contribution in [0.2, 0.25) is 0 Å². The molecule has 0 saturated heterocycles. The van der Waals surface area contributed by atoms with Gasteiger partial charge >= 0.3 is 5.97 Å². The van der Waals surface area contributed by atoms with Gasteiger partial charge in [-0.1, -0.05) is 18.2 Å². The predicted molar refractivity (Wildman–Crippen MR) is 91.2 cm³/mol. The van der Waals surface area contributed by atoms with Gasteiger partial charge in [0, 0.05) is 30.8 Å². The van der Waals surface area contributed by atoms with Crippen molar-refractivity contribution in [3.63, 3.8) is 0 Å². The number of aromatic nitrogens is 1. The lowest BCUT2D eigenvalue weighted by molar-refractivity contribution is -0.136. The number of nitrogens with one attached hydrogen (secondary N) is 2. The van der Waals surface area contributed by atoms with Gasteiger partial charge in [-0.2, -0.15) is 5.26 Å². The van der Waals surface area contributed by atoms with E-state index in [2.05, 4.69) is 15.6 Å². The number of anilines is 1. The molecule has 0 aliphatic rings. The number of nitriles is 1. The van der Waals surface area contributed by atoms with Crippen LogP contribution in [0.25, 0.3) is 0 Å². The van der Waals surface area contributed by atoms with Crippen molar-refractivity contribution < 1.29 is 14.7 Å². The topological polar surface area (TPSA) is 115 Å². The molecule has 1 aromatic heterocycles. The Kier molecular flexibility index (Phi) is 6.25. The molecule has 0 spiro atoms. The first kappa shape index (κ1) is 17.7. The molecule has 25 heavy (non-hydrogen) atoms. The van der Waals surface area contributed by atoms with Gasteiger partial charge < -0.3 is 15.7 Å². The number of aliphatic carboxylic acids is 1. The Labute approximate surface area is 144 Å². The van der Waals surface area contributed by atoms with Crippen LogP contribution in [-0.2, 0) is 22.6 Å². The second-order valence-electron chi connectivity index (χ2n) is 5.13. The van der Waals surface area contributed by atoms with E-state index in [1.807, 2.05) is 12.1 Å². The van der Waals surface area contributed by atoms with Gasteiger partial charge in [0.15, 0.2) is 0 Å². The summed E-state index contributed by atoms with van der Waals surface area (Å²) < 4.78 is 0. The number of rotatable bonds is 7. The Morgan fingerprint density at radius 2 is 1.96 bits per heavy atom. The van der Waals surface area contributed by atoms with Crippen LogP contribution in [0.1, 0.15) is 11.1 Å². The molecule has 1 amide bonds. The summed E-state index contributed by atoms with van der Waals surface area (Å²) in [5.74, 6) is -1.40. The van der Waals surface area contributed by atoms with E-state index >= 15 is 0 Å². The number of carboxylic acid groups (broad SMARTS) is 1. The van der Waals surface area contributed by atoms with Gasteiger partial charge in [-0.25, -0.2) is 0 Å². The van der Waals surface area contributed by atoms with Crippen LogP contribution in [0.3, 0.4) is 0 Å². The van der Waals surface area contributed by atoms with Crippen LogP contribution in [0.5, 0.6) is 0 Å². The summed E-state index contributed by atoms with van der Waals surface area (Å²) in [7, 11) is 0. The highest BCUT2D eigenvalue weighted by molar-refractivity contribution is 5.97. The standard InChI is InChI=1S/C18H16N4O3/c19-9-15(18(25)22-11-14-2-1-7-20-10-14)12-21-16-5-3-13(4-6-16)8-17(23)24/h1-7,10,12,21H,8,11H2,(H,22,25)(H,23,24)/b15-12-. The molecule has 0 atom stereocenters. The van der Waals surface area contributed by atoms with Gasteiger partial charge in [-0.3, -0.25) is 14.6 Å². The molecular formula is C18H16N4O3. The maximum atomic E-state index is 12.0. The van der Waals surface area contributed by atoms with E-state index in [0.29, 0.717) is 11.3 Å². The number of benzene rings is 1. The minimum absolute atomic E-state index is 0.0592. The largest absolute Gasteiger partial charge is 0.481 e. The Balaban J connectivity index is 1.94. The number of hydrogen-bond acceptors (Lipinski definition) is 5. The number of nitrogens with zero attached hydrogens (tertiary/aromatic N) is 2. The fourth-order valence-corrected chi connectivity index (χ4v) is 1.98. The minimum Gasteiger partial charge on any atom is -0.481 e. The van der Waals surface area contributed by atoms with Gasteiger partial charge in [0.2, 0.25) is 0 Å².